The number of aliphatic hydroxyl groups excluding tert-OH is 11. The van der Waals surface area contributed by atoms with E-state index in [0.29, 0.717) is 12.8 Å². The van der Waals surface area contributed by atoms with Crippen molar-refractivity contribution in [2.45, 2.75) is 259 Å². The molecule has 17 atom stereocenters. The van der Waals surface area contributed by atoms with Gasteiger partial charge in [0.1, 0.15) is 73.2 Å². The first-order valence-electron chi connectivity index (χ1n) is 28.7. The van der Waals surface area contributed by atoms with Crippen LogP contribution in [-0.4, -0.2) is 193 Å². The van der Waals surface area contributed by atoms with Crippen molar-refractivity contribution < 1.29 is 89.4 Å². The van der Waals surface area contributed by atoms with Gasteiger partial charge in [0.2, 0.25) is 5.91 Å². The van der Waals surface area contributed by atoms with Crippen LogP contribution >= 0.6 is 0 Å². The molecule has 0 aromatic heterocycles. The quantitative estimate of drug-likeness (QED) is 0.0301. The SMILES string of the molecule is C/C=C/CC/C=C/CC/C=C/C(O)C(COC1OC(CO)C(OC2OC(CO)C(OC3OC(CO)C(O)C(O)C3O)C(O)C2O)C(O)C1O)NC(=O)CCCCCCCCCC/C=C\C/C=C\C/C=C\CCCCCCC. The second-order valence-corrected chi connectivity index (χ2v) is 20.4. The van der Waals surface area contributed by atoms with Gasteiger partial charge in [-0.3, -0.25) is 4.79 Å². The zero-order chi connectivity index (χ0) is 56.2. The first kappa shape index (κ1) is 68.5. The van der Waals surface area contributed by atoms with Crippen molar-refractivity contribution in [1.29, 1.82) is 0 Å². The molecule has 3 rings (SSSR count). The van der Waals surface area contributed by atoms with Gasteiger partial charge in [-0.05, 0) is 77.6 Å². The number of ether oxygens (including phenoxy) is 6. The average molecular weight is 1100 g/mol. The summed E-state index contributed by atoms with van der Waals surface area (Å²) < 4.78 is 34.1. The minimum absolute atomic E-state index is 0.219. The Labute approximate surface area is 458 Å². The highest BCUT2D eigenvalue weighted by molar-refractivity contribution is 5.76. The first-order valence-corrected chi connectivity index (χ1v) is 28.7. The summed E-state index contributed by atoms with van der Waals surface area (Å²) in [5.41, 5.74) is 0. The lowest BCUT2D eigenvalue weighted by molar-refractivity contribution is -0.379. The van der Waals surface area contributed by atoms with Crippen molar-refractivity contribution in [2.75, 3.05) is 26.4 Å². The van der Waals surface area contributed by atoms with Crippen molar-refractivity contribution in [3.05, 3.63) is 72.9 Å². The minimum Gasteiger partial charge on any atom is -0.394 e. The number of nitrogens with one attached hydrogen (secondary N) is 1. The van der Waals surface area contributed by atoms with Crippen LogP contribution in [0.2, 0.25) is 0 Å². The fraction of sp³-hybridized carbons (Fsp3) is 0.776. The number of allylic oxidation sites excluding steroid dienone is 11. The third kappa shape index (κ3) is 25.7. The van der Waals surface area contributed by atoms with Crippen molar-refractivity contribution in [2.24, 2.45) is 0 Å². The fourth-order valence-corrected chi connectivity index (χ4v) is 9.29. The van der Waals surface area contributed by atoms with Crippen LogP contribution in [0.25, 0.3) is 0 Å². The van der Waals surface area contributed by atoms with Gasteiger partial charge in [0.25, 0.3) is 0 Å². The molecule has 12 N–H and O–H groups in total. The zero-order valence-corrected chi connectivity index (χ0v) is 45.9. The van der Waals surface area contributed by atoms with Crippen LogP contribution in [0.4, 0.5) is 0 Å². The molecule has 0 aromatic rings. The van der Waals surface area contributed by atoms with Crippen LogP contribution in [0.3, 0.4) is 0 Å². The Balaban J connectivity index is 1.47. The zero-order valence-electron chi connectivity index (χ0n) is 45.9. The summed E-state index contributed by atoms with van der Waals surface area (Å²) in [4.78, 5) is 13.3. The number of aliphatic hydroxyl groups is 11. The average Bonchev–Trinajstić information content (AvgIpc) is 3.43. The molecule has 19 nitrogen and oxygen atoms in total. The molecule has 0 radical (unpaired) electrons. The van der Waals surface area contributed by atoms with E-state index in [2.05, 4.69) is 66.9 Å². The predicted octanol–water partition coefficient (Wildman–Crippen LogP) is 4.26. The van der Waals surface area contributed by atoms with Gasteiger partial charge >= 0.3 is 0 Å². The third-order valence-corrected chi connectivity index (χ3v) is 14.0. The molecule has 19 heteroatoms. The summed E-state index contributed by atoms with van der Waals surface area (Å²) in [7, 11) is 0. The van der Waals surface area contributed by atoms with E-state index < -0.39 is 124 Å². The highest BCUT2D eigenvalue weighted by Gasteiger charge is 2.53. The molecule has 444 valence electrons. The van der Waals surface area contributed by atoms with Gasteiger partial charge in [0.05, 0.1) is 38.6 Å². The molecule has 3 heterocycles. The van der Waals surface area contributed by atoms with Gasteiger partial charge in [-0.2, -0.15) is 0 Å². The standard InChI is InChI=1S/C58H99NO18/c1-3-5-7-9-11-13-14-15-16-17-18-19-20-21-22-23-24-25-26-28-30-32-34-36-46(64)59-41(42(63)35-33-31-29-27-12-10-8-6-4-2)40-72-56-52(70)49(67)54(44(38-61)74-56)77-58-53(71)50(68)55(45(39-62)75-58)76-57-51(69)48(66)47(65)43(37-60)73-57/h4,6,12,14-15,17-18,20-21,27,33,35,41-45,47-58,60-63,65-71H,3,5,7-11,13,16,19,22-26,28-32,34,36-40H2,1-2H3,(H,59,64)/b6-4+,15-14-,18-17-,21-20-,27-12+,35-33+. The molecule has 0 aromatic carbocycles. The van der Waals surface area contributed by atoms with E-state index in [1.54, 1.807) is 12.2 Å². The van der Waals surface area contributed by atoms with E-state index in [9.17, 15) is 61.0 Å². The van der Waals surface area contributed by atoms with E-state index in [0.717, 1.165) is 64.2 Å². The van der Waals surface area contributed by atoms with E-state index >= 15 is 0 Å². The maximum atomic E-state index is 13.3. The number of hydrogen-bond acceptors (Lipinski definition) is 18. The molecule has 3 saturated heterocycles. The number of rotatable bonds is 40. The summed E-state index contributed by atoms with van der Waals surface area (Å²) in [5.74, 6) is -0.305. The van der Waals surface area contributed by atoms with Gasteiger partial charge < -0.3 is 89.9 Å². The Bertz CT molecular complexity index is 1690. The van der Waals surface area contributed by atoms with Crippen LogP contribution in [0.15, 0.2) is 72.9 Å². The van der Waals surface area contributed by atoms with Gasteiger partial charge in [0, 0.05) is 6.42 Å². The van der Waals surface area contributed by atoms with Crippen LogP contribution in [0.5, 0.6) is 0 Å². The van der Waals surface area contributed by atoms with Gasteiger partial charge in [-0.25, -0.2) is 0 Å². The Morgan fingerprint density at radius 2 is 0.922 bits per heavy atom. The Hall–Kier alpha value is -2.77. The van der Waals surface area contributed by atoms with Crippen LogP contribution in [0, 0.1) is 0 Å². The van der Waals surface area contributed by atoms with E-state index in [1.807, 2.05) is 13.0 Å². The topological polar surface area (TPSA) is 307 Å². The summed E-state index contributed by atoms with van der Waals surface area (Å²) in [5, 5.41) is 120. The maximum absolute atomic E-state index is 13.3. The lowest BCUT2D eigenvalue weighted by Crippen LogP contribution is -2.66. The molecule has 77 heavy (non-hydrogen) atoms. The summed E-state index contributed by atoms with van der Waals surface area (Å²) in [6, 6.07) is -1.00. The fourth-order valence-electron chi connectivity index (χ4n) is 9.29. The van der Waals surface area contributed by atoms with Gasteiger partial charge in [-0.1, -0.05) is 144 Å². The Morgan fingerprint density at radius 3 is 1.45 bits per heavy atom. The monoisotopic (exact) mass is 1100 g/mol. The molecular formula is C58H99NO18. The summed E-state index contributed by atoms with van der Waals surface area (Å²) in [6.07, 6.45) is 20.7. The Kier molecular flexibility index (Phi) is 36.7. The van der Waals surface area contributed by atoms with Crippen LogP contribution in [0.1, 0.15) is 155 Å². The second kappa shape index (κ2) is 41.3. The number of amides is 1. The molecule has 1 amide bonds. The van der Waals surface area contributed by atoms with Gasteiger partial charge in [0.15, 0.2) is 18.9 Å². The smallest absolute Gasteiger partial charge is 0.220 e. The molecule has 0 bridgehead atoms. The minimum atomic E-state index is -1.98. The molecule has 0 aliphatic carbocycles. The number of carbonyl (C=O) groups is 1. The third-order valence-electron chi connectivity index (χ3n) is 14.0. The van der Waals surface area contributed by atoms with E-state index in [4.69, 9.17) is 28.4 Å². The number of hydrogen-bond donors (Lipinski definition) is 12. The highest BCUT2D eigenvalue weighted by Crippen LogP contribution is 2.33. The summed E-state index contributed by atoms with van der Waals surface area (Å²) in [6.45, 7) is 1.40. The molecular weight excluding hydrogens is 999 g/mol. The largest absolute Gasteiger partial charge is 0.394 e. The van der Waals surface area contributed by atoms with Crippen molar-refractivity contribution in [3.8, 4) is 0 Å². The lowest BCUT2D eigenvalue weighted by atomic mass is 9.96. The molecule has 3 aliphatic rings. The van der Waals surface area contributed by atoms with Crippen molar-refractivity contribution in [3.63, 3.8) is 0 Å². The predicted molar refractivity (Wildman–Crippen MR) is 291 cm³/mol. The lowest BCUT2D eigenvalue weighted by Gasteiger charge is -2.48. The van der Waals surface area contributed by atoms with E-state index in [-0.39, 0.29) is 18.9 Å². The van der Waals surface area contributed by atoms with Crippen LogP contribution < -0.4 is 5.32 Å². The van der Waals surface area contributed by atoms with Crippen molar-refractivity contribution >= 4 is 5.91 Å². The highest BCUT2D eigenvalue weighted by atomic mass is 16.8. The number of carbonyl (C=O) groups excluding carboxylic acids is 1. The van der Waals surface area contributed by atoms with Crippen molar-refractivity contribution in [1.82, 2.24) is 5.32 Å². The van der Waals surface area contributed by atoms with Gasteiger partial charge in [-0.15, -0.1) is 0 Å². The van der Waals surface area contributed by atoms with E-state index in [1.165, 1.54) is 57.8 Å². The molecule has 17 unspecified atom stereocenters. The normalized spacial score (nSPS) is 31.3. The van der Waals surface area contributed by atoms with Crippen LogP contribution in [-0.2, 0) is 33.2 Å². The number of unbranched alkanes of at least 4 members (excludes halogenated alkanes) is 15. The molecule has 0 spiro atoms. The maximum Gasteiger partial charge on any atom is 0.220 e. The molecule has 3 fully saturated rings. The second-order valence-electron chi connectivity index (χ2n) is 20.4. The summed E-state index contributed by atoms with van der Waals surface area (Å²) >= 11 is 0. The Morgan fingerprint density at radius 1 is 0.494 bits per heavy atom. The molecule has 0 saturated carbocycles. The first-order chi connectivity index (χ1) is 37.3. The molecule has 3 aliphatic heterocycles.